The van der Waals surface area contributed by atoms with Crippen LogP contribution < -0.4 is 26.6 Å². The van der Waals surface area contributed by atoms with Gasteiger partial charge in [-0.05, 0) is 110 Å². The predicted octanol–water partition coefficient (Wildman–Crippen LogP) is 4.94. The molecule has 2 atom stereocenters. The number of fused-ring (bicyclic) bond motifs is 6. The summed E-state index contributed by atoms with van der Waals surface area (Å²) in [4.78, 5) is 13.5. The molecule has 0 amide bonds. The first kappa shape index (κ1) is 30.1. The Morgan fingerprint density at radius 1 is 0.739 bits per heavy atom. The van der Waals surface area contributed by atoms with Gasteiger partial charge in [0, 0.05) is 29.8 Å². The molecule has 3 aromatic rings. The summed E-state index contributed by atoms with van der Waals surface area (Å²) in [5, 5.41) is 13.4. The van der Waals surface area contributed by atoms with E-state index in [1.807, 2.05) is 0 Å². The quantitative estimate of drug-likeness (QED) is 0.174. The maximum absolute atomic E-state index is 4.94. The van der Waals surface area contributed by atoms with Crippen LogP contribution in [0.2, 0.25) is 0 Å². The Hall–Kier alpha value is -4.62. The van der Waals surface area contributed by atoms with Gasteiger partial charge in [-0.2, -0.15) is 0 Å². The van der Waals surface area contributed by atoms with Crippen molar-refractivity contribution >= 4 is 23.6 Å². The molecular weight excluding hydrogens is 564 g/mol. The lowest BCUT2D eigenvalue weighted by Gasteiger charge is -2.27. The lowest BCUT2D eigenvalue weighted by atomic mass is 9.93. The van der Waals surface area contributed by atoms with Crippen molar-refractivity contribution in [2.24, 2.45) is 9.98 Å². The molecule has 0 spiro atoms. The van der Waals surface area contributed by atoms with Crippen molar-refractivity contribution in [2.75, 3.05) is 13.1 Å². The number of benzene rings is 2. The molecule has 0 radical (unpaired) electrons. The van der Waals surface area contributed by atoms with E-state index in [9.17, 15) is 0 Å². The zero-order chi connectivity index (χ0) is 31.0. The Morgan fingerprint density at radius 2 is 1.41 bits per heavy atom. The molecule has 6 nitrogen and oxygen atoms in total. The summed E-state index contributed by atoms with van der Waals surface area (Å²) >= 11 is 0. The van der Waals surface area contributed by atoms with E-state index in [1.165, 1.54) is 22.0 Å². The number of nitrogens with one attached hydrogen (secondary N) is 4. The fraction of sp³-hybridized carbons (Fsp3) is 0.250. The minimum atomic E-state index is -0.278. The normalized spacial score (nSPS) is 21.0. The van der Waals surface area contributed by atoms with Gasteiger partial charge in [0.25, 0.3) is 0 Å². The molecule has 5 heterocycles. The smallest absolute Gasteiger partial charge is 0.0659 e. The molecule has 46 heavy (non-hydrogen) atoms. The van der Waals surface area contributed by atoms with Gasteiger partial charge in [0.2, 0.25) is 0 Å². The molecule has 6 heteroatoms. The van der Waals surface area contributed by atoms with E-state index >= 15 is 0 Å². The number of H-pyrrole nitrogens is 1. The van der Waals surface area contributed by atoms with E-state index in [2.05, 4.69) is 148 Å². The van der Waals surface area contributed by atoms with Gasteiger partial charge in [-0.25, -0.2) is 9.98 Å². The molecule has 0 fully saturated rings. The van der Waals surface area contributed by atoms with Crippen molar-refractivity contribution in [3.05, 3.63) is 154 Å². The molecular formula is C40H42N6. The average molecular weight is 607 g/mol. The van der Waals surface area contributed by atoms with Crippen LogP contribution in [0.5, 0.6) is 0 Å². The topological polar surface area (TPSA) is 76.6 Å². The van der Waals surface area contributed by atoms with Gasteiger partial charge < -0.3 is 15.6 Å². The number of allylic oxidation sites excluding steroid dienone is 5. The molecule has 2 aromatic carbocycles. The van der Waals surface area contributed by atoms with Gasteiger partial charge in [0.05, 0.1) is 28.4 Å². The van der Waals surface area contributed by atoms with E-state index in [0.29, 0.717) is 0 Å². The van der Waals surface area contributed by atoms with E-state index in [1.54, 1.807) is 0 Å². The Balaban J connectivity index is 1.10. The second-order valence-electron chi connectivity index (χ2n) is 12.5. The number of aliphatic imine (C=N–C) groups is 2. The van der Waals surface area contributed by atoms with Crippen LogP contribution in [0.1, 0.15) is 36.0 Å². The predicted molar refractivity (Wildman–Crippen MR) is 191 cm³/mol. The zero-order valence-electron chi connectivity index (χ0n) is 26.3. The first-order valence-corrected chi connectivity index (χ1v) is 16.5. The van der Waals surface area contributed by atoms with E-state index in [4.69, 9.17) is 9.98 Å². The molecule has 4 aliphatic heterocycles. The van der Waals surface area contributed by atoms with Crippen molar-refractivity contribution in [3.63, 3.8) is 0 Å². The Morgan fingerprint density at radius 3 is 2.17 bits per heavy atom. The highest BCUT2D eigenvalue weighted by molar-refractivity contribution is 6.19. The molecule has 0 saturated carbocycles. The lowest BCUT2D eigenvalue weighted by Crippen LogP contribution is -2.43. The van der Waals surface area contributed by atoms with Crippen LogP contribution in [-0.2, 0) is 19.5 Å². The molecule has 0 saturated heterocycles. The van der Waals surface area contributed by atoms with Crippen molar-refractivity contribution < 1.29 is 0 Å². The SMILES string of the molecule is C1=CC2=NC1=CC1(CCCNCc3ccccc3)C=CC(C=c3[nH]c(cc3CCCNCc3ccccc3)=CC3=NC(=C2)C=C3)N1. The van der Waals surface area contributed by atoms with Gasteiger partial charge in [-0.3, -0.25) is 5.32 Å². The number of hydrogen-bond acceptors (Lipinski definition) is 5. The summed E-state index contributed by atoms with van der Waals surface area (Å²) in [7, 11) is 0. The van der Waals surface area contributed by atoms with Crippen molar-refractivity contribution in [1.29, 1.82) is 0 Å². The van der Waals surface area contributed by atoms with E-state index in [0.717, 1.165) is 80.0 Å². The number of aryl methyl sites for hydroxylation is 1. The Kier molecular flexibility index (Phi) is 9.29. The third-order valence-electron chi connectivity index (χ3n) is 8.80. The van der Waals surface area contributed by atoms with Crippen LogP contribution in [-0.4, -0.2) is 41.1 Å². The van der Waals surface area contributed by atoms with Crippen LogP contribution in [0.15, 0.2) is 137 Å². The fourth-order valence-corrected chi connectivity index (χ4v) is 6.50. The summed E-state index contributed by atoms with van der Waals surface area (Å²) in [6.45, 7) is 3.69. The Labute approximate surface area is 271 Å². The molecule has 8 bridgehead atoms. The Bertz CT molecular complexity index is 1870. The number of rotatable bonds is 12. The zero-order valence-corrected chi connectivity index (χ0v) is 26.3. The van der Waals surface area contributed by atoms with Gasteiger partial charge in [0.1, 0.15) is 0 Å². The molecule has 232 valence electrons. The fourth-order valence-electron chi connectivity index (χ4n) is 6.50. The lowest BCUT2D eigenvalue weighted by molar-refractivity contribution is 0.453. The van der Waals surface area contributed by atoms with Gasteiger partial charge in [-0.1, -0.05) is 72.8 Å². The molecule has 0 aliphatic carbocycles. The first-order chi connectivity index (χ1) is 22.7. The summed E-state index contributed by atoms with van der Waals surface area (Å²) in [6, 6.07) is 23.6. The van der Waals surface area contributed by atoms with Crippen LogP contribution in [0.3, 0.4) is 0 Å². The van der Waals surface area contributed by atoms with E-state index in [-0.39, 0.29) is 11.6 Å². The highest BCUT2D eigenvalue weighted by atomic mass is 15.0. The molecule has 4 aliphatic rings. The minimum Gasteiger partial charge on any atom is -0.355 e. The molecule has 4 N–H and O–H groups in total. The third kappa shape index (κ3) is 7.77. The monoisotopic (exact) mass is 606 g/mol. The van der Waals surface area contributed by atoms with Crippen molar-refractivity contribution in [2.45, 2.75) is 50.4 Å². The highest BCUT2D eigenvalue weighted by Gasteiger charge is 2.31. The van der Waals surface area contributed by atoms with Crippen LogP contribution in [0.25, 0.3) is 12.2 Å². The molecule has 1 aromatic heterocycles. The standard InChI is InChI=1S/C40H42N6/c1-3-9-30(10-4-1)28-41-21-7-13-32-23-38-25-35-15-14-33(43-35)24-34-16-17-37(44-34)27-40(20-18-36(46-40)26-39(32)45-38)19-8-22-42-29-31-11-5-2-6-12-31/h1-6,9-12,14-18,20,23-27,36,41-42,45-46H,7-8,13,19,21-22,28-29H2. The van der Waals surface area contributed by atoms with E-state index < -0.39 is 0 Å². The highest BCUT2D eigenvalue weighted by Crippen LogP contribution is 2.27. The summed E-state index contributed by atoms with van der Waals surface area (Å²) < 4.78 is 0. The number of nitrogens with zero attached hydrogens (tertiary/aromatic N) is 2. The first-order valence-electron chi connectivity index (χ1n) is 16.5. The van der Waals surface area contributed by atoms with Crippen molar-refractivity contribution in [1.82, 2.24) is 20.9 Å². The summed E-state index contributed by atoms with van der Waals surface area (Å²) in [5.74, 6) is 0. The minimum absolute atomic E-state index is 0.104. The molecule has 7 rings (SSSR count). The average Bonchev–Trinajstić information content (AvgIpc) is 3.87. The van der Waals surface area contributed by atoms with Gasteiger partial charge >= 0.3 is 0 Å². The third-order valence-corrected chi connectivity index (χ3v) is 8.80. The van der Waals surface area contributed by atoms with Crippen LogP contribution in [0.4, 0.5) is 0 Å². The second-order valence-corrected chi connectivity index (χ2v) is 12.5. The largest absolute Gasteiger partial charge is 0.355 e. The summed E-state index contributed by atoms with van der Waals surface area (Å²) in [5.41, 5.74) is 7.46. The van der Waals surface area contributed by atoms with Crippen LogP contribution >= 0.6 is 0 Å². The number of hydrogen-bond donors (Lipinski definition) is 4. The number of aromatic amines is 1. The van der Waals surface area contributed by atoms with Crippen molar-refractivity contribution in [3.8, 4) is 0 Å². The maximum Gasteiger partial charge on any atom is 0.0659 e. The second kappa shape index (κ2) is 14.2. The van der Waals surface area contributed by atoms with Crippen LogP contribution in [0, 0.1) is 0 Å². The maximum atomic E-state index is 4.94. The van der Waals surface area contributed by atoms with Gasteiger partial charge in [-0.15, -0.1) is 0 Å². The number of aromatic nitrogens is 1. The summed E-state index contributed by atoms with van der Waals surface area (Å²) in [6.07, 6.45) is 25.9. The van der Waals surface area contributed by atoms with Gasteiger partial charge in [0.15, 0.2) is 0 Å². The molecule has 2 unspecified atom stereocenters.